The number of pyridine rings is 2. The highest BCUT2D eigenvalue weighted by Crippen LogP contribution is 2.53. The highest BCUT2D eigenvalue weighted by molar-refractivity contribution is 6.28. The van der Waals surface area contributed by atoms with Gasteiger partial charge in [0.15, 0.2) is 0 Å². The summed E-state index contributed by atoms with van der Waals surface area (Å²) in [5, 5.41) is 9.03. The highest BCUT2D eigenvalue weighted by Gasteiger charge is 2.36. The summed E-state index contributed by atoms with van der Waals surface area (Å²) in [5.74, 6) is 0. The van der Waals surface area contributed by atoms with Crippen LogP contribution in [0.1, 0.15) is 25.0 Å². The van der Waals surface area contributed by atoms with Crippen molar-refractivity contribution in [2.45, 2.75) is 19.3 Å². The first-order chi connectivity index (χ1) is 20.1. The largest absolute Gasteiger partial charge is 0.256 e. The van der Waals surface area contributed by atoms with Crippen LogP contribution >= 0.6 is 0 Å². The third kappa shape index (κ3) is 3.08. The highest BCUT2D eigenvalue weighted by atomic mass is 14.7. The number of hydrogen-bond acceptors (Lipinski definition) is 2. The van der Waals surface area contributed by atoms with E-state index in [0.717, 1.165) is 27.7 Å². The zero-order valence-corrected chi connectivity index (χ0v) is 22.9. The molecule has 6 aromatic carbocycles. The summed E-state index contributed by atoms with van der Waals surface area (Å²) in [5.41, 5.74) is 10.9. The maximum absolute atomic E-state index is 4.89. The molecule has 41 heavy (non-hydrogen) atoms. The van der Waals surface area contributed by atoms with Gasteiger partial charge in [-0.25, -0.2) is 0 Å². The van der Waals surface area contributed by atoms with Crippen LogP contribution in [0, 0.1) is 0 Å². The molecule has 2 heteroatoms. The number of nitrogens with zero attached hydrogens (tertiary/aromatic N) is 2. The van der Waals surface area contributed by atoms with Crippen molar-refractivity contribution < 1.29 is 0 Å². The molecule has 0 atom stereocenters. The van der Waals surface area contributed by atoms with Crippen molar-refractivity contribution in [1.82, 2.24) is 9.97 Å². The molecule has 0 fully saturated rings. The molecule has 0 N–H and O–H groups in total. The third-order valence-corrected chi connectivity index (χ3v) is 9.29. The maximum atomic E-state index is 4.89. The van der Waals surface area contributed by atoms with Crippen molar-refractivity contribution in [1.29, 1.82) is 0 Å². The second-order valence-electron chi connectivity index (χ2n) is 11.9. The normalized spacial score (nSPS) is 13.8. The number of aromatic nitrogens is 2. The minimum Gasteiger partial charge on any atom is -0.256 e. The minimum absolute atomic E-state index is 0.0183. The van der Waals surface area contributed by atoms with E-state index in [4.69, 9.17) is 4.98 Å². The van der Waals surface area contributed by atoms with Crippen LogP contribution in [-0.2, 0) is 5.41 Å². The van der Waals surface area contributed by atoms with E-state index in [1.807, 2.05) is 30.6 Å². The summed E-state index contributed by atoms with van der Waals surface area (Å²) in [7, 11) is 0. The molecule has 0 amide bonds. The molecule has 2 heterocycles. The molecule has 192 valence electrons. The van der Waals surface area contributed by atoms with Crippen LogP contribution in [0.25, 0.3) is 76.7 Å². The van der Waals surface area contributed by atoms with Crippen molar-refractivity contribution in [3.8, 4) is 33.5 Å². The van der Waals surface area contributed by atoms with Gasteiger partial charge in [0, 0.05) is 34.3 Å². The molecule has 0 aliphatic heterocycles. The molecule has 0 saturated heterocycles. The SMILES string of the molecule is CC1(C)c2ccccc2-c2c1cc1ccc3c(-c4ccc(-c5cnc6ccccc6c5)nc4)ccc4ccc2c1c43. The molecule has 2 nitrogen and oxygen atoms in total. The van der Waals surface area contributed by atoms with E-state index in [0.29, 0.717) is 0 Å². The molecule has 0 bridgehead atoms. The number of hydrogen-bond donors (Lipinski definition) is 0. The van der Waals surface area contributed by atoms with Crippen LogP contribution in [0.2, 0.25) is 0 Å². The fourth-order valence-electron chi connectivity index (χ4n) is 7.24. The Balaban J connectivity index is 1.24. The average molecular weight is 523 g/mol. The molecular weight excluding hydrogens is 496 g/mol. The van der Waals surface area contributed by atoms with E-state index < -0.39 is 0 Å². The van der Waals surface area contributed by atoms with Gasteiger partial charge in [0.25, 0.3) is 0 Å². The molecule has 2 aromatic heterocycles. The van der Waals surface area contributed by atoms with Gasteiger partial charge in [-0.05, 0) is 84.4 Å². The Hall–Kier alpha value is -5.08. The summed E-state index contributed by atoms with van der Waals surface area (Å²) >= 11 is 0. The Morgan fingerprint density at radius 1 is 0.512 bits per heavy atom. The van der Waals surface area contributed by atoms with Gasteiger partial charge >= 0.3 is 0 Å². The van der Waals surface area contributed by atoms with E-state index in [-0.39, 0.29) is 5.41 Å². The van der Waals surface area contributed by atoms with Crippen LogP contribution in [0.5, 0.6) is 0 Å². The van der Waals surface area contributed by atoms with E-state index >= 15 is 0 Å². The average Bonchev–Trinajstić information content (AvgIpc) is 3.25. The van der Waals surface area contributed by atoms with Crippen molar-refractivity contribution in [2.75, 3.05) is 0 Å². The van der Waals surface area contributed by atoms with Gasteiger partial charge in [-0.3, -0.25) is 9.97 Å². The Morgan fingerprint density at radius 3 is 2.17 bits per heavy atom. The first-order valence-electron chi connectivity index (χ1n) is 14.2. The van der Waals surface area contributed by atoms with Crippen LogP contribution < -0.4 is 0 Å². The fourth-order valence-corrected chi connectivity index (χ4v) is 7.24. The maximum Gasteiger partial charge on any atom is 0.0718 e. The lowest BCUT2D eigenvalue weighted by Gasteiger charge is -2.23. The van der Waals surface area contributed by atoms with Gasteiger partial charge in [-0.2, -0.15) is 0 Å². The van der Waals surface area contributed by atoms with E-state index in [1.165, 1.54) is 60.1 Å². The van der Waals surface area contributed by atoms with E-state index in [1.54, 1.807) is 0 Å². The van der Waals surface area contributed by atoms with Crippen LogP contribution in [-0.4, -0.2) is 9.97 Å². The van der Waals surface area contributed by atoms with Gasteiger partial charge in [-0.1, -0.05) is 98.8 Å². The topological polar surface area (TPSA) is 25.8 Å². The second kappa shape index (κ2) is 7.99. The summed E-state index contributed by atoms with van der Waals surface area (Å²) in [6.07, 6.45) is 3.92. The Kier molecular flexibility index (Phi) is 4.42. The summed E-state index contributed by atoms with van der Waals surface area (Å²) < 4.78 is 0. The predicted octanol–water partition coefficient (Wildman–Crippen LogP) is 10.2. The summed E-state index contributed by atoms with van der Waals surface area (Å²) in [4.78, 5) is 9.52. The standard InChI is InChI=1S/C39H26N2/c1-39(2)32-9-5-4-8-30(32)38-31-17-12-23-11-15-28(29-16-13-25(20-33(38)39)37(31)36(23)29)26-14-18-35(40-21-26)27-19-24-7-3-6-10-34(24)41-22-27/h3-22H,1-2H3. The van der Waals surface area contributed by atoms with Gasteiger partial charge in [-0.15, -0.1) is 0 Å². The minimum atomic E-state index is -0.0183. The first-order valence-corrected chi connectivity index (χ1v) is 14.2. The lowest BCUT2D eigenvalue weighted by atomic mass is 9.80. The fraction of sp³-hybridized carbons (Fsp3) is 0.0769. The summed E-state index contributed by atoms with van der Waals surface area (Å²) in [6, 6.07) is 39.8. The second-order valence-corrected chi connectivity index (χ2v) is 11.9. The predicted molar refractivity (Wildman–Crippen MR) is 172 cm³/mol. The zero-order chi connectivity index (χ0) is 27.3. The van der Waals surface area contributed by atoms with Crippen molar-refractivity contribution in [2.24, 2.45) is 0 Å². The van der Waals surface area contributed by atoms with E-state index in [9.17, 15) is 0 Å². The van der Waals surface area contributed by atoms with Crippen LogP contribution in [0.15, 0.2) is 122 Å². The Bertz CT molecular complexity index is 2330. The van der Waals surface area contributed by atoms with E-state index in [2.05, 4.69) is 110 Å². The smallest absolute Gasteiger partial charge is 0.0718 e. The number of fused-ring (bicyclic) bond motifs is 5. The first kappa shape index (κ1) is 22.7. The molecule has 8 aromatic rings. The van der Waals surface area contributed by atoms with Gasteiger partial charge in [0.1, 0.15) is 0 Å². The molecule has 1 aliphatic carbocycles. The Labute approximate surface area is 238 Å². The monoisotopic (exact) mass is 522 g/mol. The lowest BCUT2D eigenvalue weighted by Crippen LogP contribution is -2.14. The van der Waals surface area contributed by atoms with Gasteiger partial charge < -0.3 is 0 Å². The molecule has 9 rings (SSSR count). The van der Waals surface area contributed by atoms with Crippen LogP contribution in [0.3, 0.4) is 0 Å². The number of benzene rings is 6. The third-order valence-electron chi connectivity index (χ3n) is 9.29. The number of rotatable bonds is 2. The molecule has 0 saturated carbocycles. The quantitative estimate of drug-likeness (QED) is 0.211. The zero-order valence-electron chi connectivity index (χ0n) is 22.9. The van der Waals surface area contributed by atoms with Gasteiger partial charge in [0.05, 0.1) is 11.2 Å². The molecule has 0 spiro atoms. The molecular formula is C39H26N2. The number of para-hydroxylation sites is 1. The Morgan fingerprint density at radius 2 is 1.27 bits per heavy atom. The van der Waals surface area contributed by atoms with Crippen molar-refractivity contribution >= 4 is 43.2 Å². The van der Waals surface area contributed by atoms with Gasteiger partial charge in [0.2, 0.25) is 0 Å². The summed E-state index contributed by atoms with van der Waals surface area (Å²) in [6.45, 7) is 4.72. The lowest BCUT2D eigenvalue weighted by molar-refractivity contribution is 0.661. The molecule has 0 radical (unpaired) electrons. The van der Waals surface area contributed by atoms with Crippen molar-refractivity contribution in [3.05, 3.63) is 133 Å². The molecule has 0 unspecified atom stereocenters. The molecule has 1 aliphatic rings. The van der Waals surface area contributed by atoms with Crippen molar-refractivity contribution in [3.63, 3.8) is 0 Å². The van der Waals surface area contributed by atoms with Crippen LogP contribution in [0.4, 0.5) is 0 Å².